The molecule has 0 atom stereocenters. The van der Waals surface area contributed by atoms with Crippen molar-refractivity contribution in [3.63, 3.8) is 0 Å². The molecule has 2 rings (SSSR count). The van der Waals surface area contributed by atoms with Gasteiger partial charge in [0.05, 0.1) is 11.1 Å². The zero-order chi connectivity index (χ0) is 16.7. The summed E-state index contributed by atoms with van der Waals surface area (Å²) in [7, 11) is 0. The largest absolute Gasteiger partial charge is 0.461 e. The second-order valence-corrected chi connectivity index (χ2v) is 5.39. The Morgan fingerprint density at radius 2 is 1.48 bits per heavy atom. The Bertz CT molecular complexity index is 712. The van der Waals surface area contributed by atoms with Crippen molar-refractivity contribution < 1.29 is 14.3 Å². The van der Waals surface area contributed by atoms with Gasteiger partial charge < -0.3 is 10.1 Å². The van der Waals surface area contributed by atoms with Crippen LogP contribution in [-0.4, -0.2) is 18.5 Å². The van der Waals surface area contributed by atoms with Crippen molar-refractivity contribution in [3.05, 3.63) is 77.5 Å². The normalized spacial score (nSPS) is 11.4. The van der Waals surface area contributed by atoms with Gasteiger partial charge in [0.2, 0.25) is 0 Å². The van der Waals surface area contributed by atoms with Gasteiger partial charge in [-0.2, -0.15) is 0 Å². The van der Waals surface area contributed by atoms with Crippen LogP contribution in [0.1, 0.15) is 22.8 Å². The lowest BCUT2D eigenvalue weighted by Crippen LogP contribution is -2.29. The van der Waals surface area contributed by atoms with Gasteiger partial charge in [-0.05, 0) is 40.5 Å². The monoisotopic (exact) mass is 373 g/mol. The number of ether oxygens (including phenoxy) is 1. The number of benzene rings is 2. The zero-order valence-electron chi connectivity index (χ0n) is 12.6. The van der Waals surface area contributed by atoms with Crippen LogP contribution in [-0.2, 0) is 9.53 Å². The molecule has 1 N–H and O–H groups in total. The third kappa shape index (κ3) is 4.53. The van der Waals surface area contributed by atoms with Crippen molar-refractivity contribution in [2.24, 2.45) is 0 Å². The number of hydrogen-bond donors (Lipinski definition) is 1. The highest BCUT2D eigenvalue weighted by Crippen LogP contribution is 2.25. The molecule has 0 aliphatic rings. The lowest BCUT2D eigenvalue weighted by atomic mass is 10.1. The molecule has 0 bridgehead atoms. The van der Waals surface area contributed by atoms with Crippen LogP contribution < -0.4 is 5.32 Å². The number of hydrogen-bond acceptors (Lipinski definition) is 3. The molecule has 5 heteroatoms. The third-order valence-corrected chi connectivity index (χ3v) is 3.86. The number of carbonyl (C=O) groups is 2. The molecule has 2 aromatic carbocycles. The fourth-order valence-electron chi connectivity index (χ4n) is 1.90. The van der Waals surface area contributed by atoms with E-state index in [9.17, 15) is 9.59 Å². The number of nitrogens with one attached hydrogen (secondary N) is 1. The summed E-state index contributed by atoms with van der Waals surface area (Å²) < 4.78 is 5.51. The van der Waals surface area contributed by atoms with Gasteiger partial charge in [-0.1, -0.05) is 48.5 Å². The molecular weight excluding hydrogens is 358 g/mol. The van der Waals surface area contributed by atoms with E-state index in [-0.39, 0.29) is 18.2 Å². The van der Waals surface area contributed by atoms with Crippen LogP contribution in [0.2, 0.25) is 0 Å². The van der Waals surface area contributed by atoms with Gasteiger partial charge in [-0.25, -0.2) is 4.79 Å². The predicted octanol–water partition coefficient (Wildman–Crippen LogP) is 3.74. The molecule has 0 saturated heterocycles. The standard InChI is InChI=1S/C18H16BrNO3/c1-2-23-18(22)16(15(19)13-9-5-3-6-10-13)20-17(21)14-11-7-4-8-12-14/h3-12H,2H2,1H3,(H,20,21)/b16-15+. The first kappa shape index (κ1) is 17.0. The van der Waals surface area contributed by atoms with Crippen molar-refractivity contribution in [2.75, 3.05) is 6.61 Å². The van der Waals surface area contributed by atoms with Gasteiger partial charge in [0, 0.05) is 5.56 Å². The SMILES string of the molecule is CCOC(=O)/C(NC(=O)c1ccccc1)=C(\Br)c1ccccc1. The van der Waals surface area contributed by atoms with Crippen LogP contribution in [0.25, 0.3) is 4.48 Å². The minimum atomic E-state index is -0.590. The molecule has 0 saturated carbocycles. The second-order valence-electron chi connectivity index (χ2n) is 4.60. The lowest BCUT2D eigenvalue weighted by molar-refractivity contribution is -0.138. The van der Waals surface area contributed by atoms with Crippen LogP contribution in [0.4, 0.5) is 0 Å². The molecule has 0 aliphatic carbocycles. The zero-order valence-corrected chi connectivity index (χ0v) is 14.2. The minimum Gasteiger partial charge on any atom is -0.461 e. The van der Waals surface area contributed by atoms with E-state index in [0.29, 0.717) is 10.0 Å². The van der Waals surface area contributed by atoms with Gasteiger partial charge in [0.1, 0.15) is 5.70 Å². The molecule has 0 radical (unpaired) electrons. The van der Waals surface area contributed by atoms with E-state index < -0.39 is 5.97 Å². The van der Waals surface area contributed by atoms with Gasteiger partial charge >= 0.3 is 5.97 Å². The van der Waals surface area contributed by atoms with Gasteiger partial charge in [-0.3, -0.25) is 4.79 Å². The molecule has 1 amide bonds. The summed E-state index contributed by atoms with van der Waals surface area (Å²) in [5.41, 5.74) is 1.30. The van der Waals surface area contributed by atoms with E-state index in [1.807, 2.05) is 36.4 Å². The molecular formula is C18H16BrNO3. The van der Waals surface area contributed by atoms with Crippen LogP contribution in [0.3, 0.4) is 0 Å². The molecule has 0 heterocycles. The number of rotatable bonds is 5. The number of amides is 1. The van der Waals surface area contributed by atoms with Gasteiger partial charge in [-0.15, -0.1) is 0 Å². The molecule has 0 aliphatic heterocycles. The van der Waals surface area contributed by atoms with Crippen molar-refractivity contribution in [1.29, 1.82) is 0 Å². The highest BCUT2D eigenvalue weighted by molar-refractivity contribution is 9.15. The first-order valence-corrected chi connectivity index (χ1v) is 7.91. The van der Waals surface area contributed by atoms with E-state index >= 15 is 0 Å². The first-order chi connectivity index (χ1) is 11.1. The average Bonchev–Trinajstić information content (AvgIpc) is 2.60. The Labute approximate surface area is 143 Å². The maximum Gasteiger partial charge on any atom is 0.356 e. The molecule has 0 aromatic heterocycles. The molecule has 0 unspecified atom stereocenters. The molecule has 4 nitrogen and oxygen atoms in total. The Balaban J connectivity index is 2.35. The van der Waals surface area contributed by atoms with Crippen molar-refractivity contribution in [3.8, 4) is 0 Å². The summed E-state index contributed by atoms with van der Waals surface area (Å²) in [6.45, 7) is 1.93. The Morgan fingerprint density at radius 1 is 0.957 bits per heavy atom. The molecule has 0 spiro atoms. The van der Waals surface area contributed by atoms with E-state index in [1.165, 1.54) is 0 Å². The highest BCUT2D eigenvalue weighted by atomic mass is 79.9. The molecule has 2 aromatic rings. The molecule has 23 heavy (non-hydrogen) atoms. The number of esters is 1. The summed E-state index contributed by atoms with van der Waals surface area (Å²) in [5.74, 6) is -0.964. The minimum absolute atomic E-state index is 0.0758. The Hall–Kier alpha value is -2.40. The van der Waals surface area contributed by atoms with E-state index in [1.54, 1.807) is 31.2 Å². The second kappa shape index (κ2) is 8.29. The van der Waals surface area contributed by atoms with Crippen LogP contribution in [0.15, 0.2) is 66.4 Å². The van der Waals surface area contributed by atoms with Crippen LogP contribution in [0.5, 0.6) is 0 Å². The van der Waals surface area contributed by atoms with E-state index in [0.717, 1.165) is 5.56 Å². The summed E-state index contributed by atoms with van der Waals surface area (Å²) in [6.07, 6.45) is 0. The average molecular weight is 374 g/mol. The quantitative estimate of drug-likeness (QED) is 0.641. The summed E-state index contributed by atoms with van der Waals surface area (Å²) in [6, 6.07) is 17.9. The van der Waals surface area contributed by atoms with Crippen LogP contribution in [0, 0.1) is 0 Å². The van der Waals surface area contributed by atoms with Gasteiger partial charge in [0.25, 0.3) is 5.91 Å². The fourth-order valence-corrected chi connectivity index (χ4v) is 2.43. The number of carbonyl (C=O) groups excluding carboxylic acids is 2. The fraction of sp³-hybridized carbons (Fsp3) is 0.111. The molecule has 118 valence electrons. The van der Waals surface area contributed by atoms with Crippen molar-refractivity contribution in [1.82, 2.24) is 5.32 Å². The topological polar surface area (TPSA) is 55.4 Å². The molecule has 0 fully saturated rings. The lowest BCUT2D eigenvalue weighted by Gasteiger charge is -2.12. The highest BCUT2D eigenvalue weighted by Gasteiger charge is 2.20. The van der Waals surface area contributed by atoms with Gasteiger partial charge in [0.15, 0.2) is 0 Å². The van der Waals surface area contributed by atoms with E-state index in [4.69, 9.17) is 4.74 Å². The van der Waals surface area contributed by atoms with E-state index in [2.05, 4.69) is 21.2 Å². The third-order valence-electron chi connectivity index (χ3n) is 3.00. The smallest absolute Gasteiger partial charge is 0.356 e. The summed E-state index contributed by atoms with van der Waals surface area (Å²) in [4.78, 5) is 24.5. The maximum atomic E-state index is 12.3. The predicted molar refractivity (Wildman–Crippen MR) is 92.8 cm³/mol. The first-order valence-electron chi connectivity index (χ1n) is 7.12. The van der Waals surface area contributed by atoms with Crippen molar-refractivity contribution in [2.45, 2.75) is 6.92 Å². The maximum absolute atomic E-state index is 12.3. The summed E-state index contributed by atoms with van der Waals surface area (Å²) in [5, 5.41) is 2.64. The summed E-state index contributed by atoms with van der Waals surface area (Å²) >= 11 is 3.39. The Morgan fingerprint density at radius 3 is 2.00 bits per heavy atom. The number of halogens is 1. The van der Waals surface area contributed by atoms with Crippen LogP contribution >= 0.6 is 15.9 Å². The van der Waals surface area contributed by atoms with Crippen molar-refractivity contribution >= 4 is 32.3 Å². The Kier molecular flexibility index (Phi) is 6.11.